The fourth-order valence-electron chi connectivity index (χ4n) is 1.61. The fourth-order valence-corrected chi connectivity index (χ4v) is 1.61. The average molecular weight is 274 g/mol. The van der Waals surface area contributed by atoms with E-state index < -0.39 is 12.8 Å². The fraction of sp³-hybridized carbons (Fsp3) is 0.500. The van der Waals surface area contributed by atoms with Crippen molar-refractivity contribution in [3.8, 4) is 5.88 Å². The van der Waals surface area contributed by atoms with Gasteiger partial charge in [-0.05, 0) is 18.9 Å². The number of ether oxygens (including phenoxy) is 1. The Kier molecular flexibility index (Phi) is 3.92. The van der Waals surface area contributed by atoms with Gasteiger partial charge >= 0.3 is 6.18 Å². The molecule has 19 heavy (non-hydrogen) atoms. The maximum Gasteiger partial charge on any atom is 0.422 e. The van der Waals surface area contributed by atoms with E-state index in [1.165, 1.54) is 18.3 Å². The first kappa shape index (κ1) is 13.6. The molecule has 1 aromatic rings. The molecule has 1 saturated carbocycles. The van der Waals surface area contributed by atoms with E-state index in [1.807, 2.05) is 0 Å². The number of alkyl halides is 3. The number of rotatable bonds is 4. The highest BCUT2D eigenvalue weighted by molar-refractivity contribution is 5.92. The Hall–Kier alpha value is -1.79. The van der Waals surface area contributed by atoms with Gasteiger partial charge in [0.2, 0.25) is 11.8 Å². The van der Waals surface area contributed by atoms with Crippen LogP contribution in [0.15, 0.2) is 18.3 Å². The van der Waals surface area contributed by atoms with Crippen LogP contribution in [-0.2, 0) is 4.79 Å². The summed E-state index contributed by atoms with van der Waals surface area (Å²) in [5.74, 6) is -0.155. The Balaban J connectivity index is 1.85. The van der Waals surface area contributed by atoms with Crippen molar-refractivity contribution in [1.29, 1.82) is 0 Å². The zero-order valence-corrected chi connectivity index (χ0v) is 10.0. The number of pyridine rings is 1. The third-order valence-corrected chi connectivity index (χ3v) is 2.86. The Labute approximate surface area is 108 Å². The van der Waals surface area contributed by atoms with Crippen LogP contribution in [0.5, 0.6) is 5.88 Å². The van der Waals surface area contributed by atoms with Gasteiger partial charge in [-0.25, -0.2) is 4.98 Å². The van der Waals surface area contributed by atoms with Gasteiger partial charge in [0.25, 0.3) is 0 Å². The van der Waals surface area contributed by atoms with Crippen molar-refractivity contribution in [3.63, 3.8) is 0 Å². The first-order valence-electron chi connectivity index (χ1n) is 5.90. The molecule has 0 aromatic carbocycles. The number of carbonyl (C=O) groups excluding carboxylic acids is 1. The molecule has 0 spiro atoms. The number of aromatic nitrogens is 1. The SMILES string of the molecule is O=C(Nc1ccc(OCC(F)(F)F)nc1)C1CCC1. The standard InChI is InChI=1S/C12H13F3N2O2/c13-12(14,15)7-19-10-5-4-9(6-16-10)17-11(18)8-2-1-3-8/h4-6,8H,1-3,7H2,(H,17,18). The van der Waals surface area contributed by atoms with Gasteiger partial charge < -0.3 is 10.1 Å². The minimum atomic E-state index is -4.39. The van der Waals surface area contributed by atoms with Crippen molar-refractivity contribution in [3.05, 3.63) is 18.3 Å². The Morgan fingerprint density at radius 2 is 2.16 bits per heavy atom. The van der Waals surface area contributed by atoms with E-state index in [1.54, 1.807) is 0 Å². The Bertz CT molecular complexity index is 441. The molecule has 4 nitrogen and oxygen atoms in total. The number of nitrogens with zero attached hydrogens (tertiary/aromatic N) is 1. The monoisotopic (exact) mass is 274 g/mol. The van der Waals surface area contributed by atoms with Gasteiger partial charge in [-0.2, -0.15) is 13.2 Å². The van der Waals surface area contributed by atoms with Crippen LogP contribution in [0.25, 0.3) is 0 Å². The second-order valence-corrected chi connectivity index (χ2v) is 4.41. The topological polar surface area (TPSA) is 51.2 Å². The maximum absolute atomic E-state index is 11.9. The van der Waals surface area contributed by atoms with Crippen molar-refractivity contribution in [2.24, 2.45) is 5.92 Å². The van der Waals surface area contributed by atoms with Gasteiger partial charge in [-0.15, -0.1) is 0 Å². The molecule has 104 valence electrons. The average Bonchev–Trinajstić information content (AvgIpc) is 2.24. The molecule has 7 heteroatoms. The van der Waals surface area contributed by atoms with Crippen LogP contribution in [0, 0.1) is 5.92 Å². The Morgan fingerprint density at radius 3 is 2.63 bits per heavy atom. The second-order valence-electron chi connectivity index (χ2n) is 4.41. The predicted molar refractivity (Wildman–Crippen MR) is 61.8 cm³/mol. The molecule has 1 fully saturated rings. The minimum Gasteiger partial charge on any atom is -0.468 e. The van der Waals surface area contributed by atoms with Crippen LogP contribution in [0.2, 0.25) is 0 Å². The molecule has 0 bridgehead atoms. The summed E-state index contributed by atoms with van der Waals surface area (Å²) in [7, 11) is 0. The molecule has 1 aliphatic rings. The number of hydrogen-bond donors (Lipinski definition) is 1. The van der Waals surface area contributed by atoms with Crippen LogP contribution in [0.4, 0.5) is 18.9 Å². The van der Waals surface area contributed by atoms with Gasteiger partial charge in [0.1, 0.15) is 0 Å². The van der Waals surface area contributed by atoms with E-state index in [9.17, 15) is 18.0 Å². The third kappa shape index (κ3) is 4.11. The van der Waals surface area contributed by atoms with Gasteiger partial charge in [0.15, 0.2) is 6.61 Å². The van der Waals surface area contributed by atoms with Crippen molar-refractivity contribution in [2.45, 2.75) is 25.4 Å². The maximum atomic E-state index is 11.9. The molecular formula is C12H13F3N2O2. The van der Waals surface area contributed by atoms with E-state index in [4.69, 9.17) is 0 Å². The number of carbonyl (C=O) groups is 1. The smallest absolute Gasteiger partial charge is 0.422 e. The van der Waals surface area contributed by atoms with Crippen LogP contribution in [0.1, 0.15) is 19.3 Å². The lowest BCUT2D eigenvalue weighted by atomic mass is 9.85. The molecule has 1 aliphatic carbocycles. The zero-order chi connectivity index (χ0) is 13.9. The number of anilines is 1. The number of amides is 1. The summed E-state index contributed by atoms with van der Waals surface area (Å²) in [5, 5.41) is 2.66. The van der Waals surface area contributed by atoms with E-state index in [-0.39, 0.29) is 17.7 Å². The number of nitrogens with one attached hydrogen (secondary N) is 1. The first-order valence-corrected chi connectivity index (χ1v) is 5.90. The summed E-state index contributed by atoms with van der Waals surface area (Å²) in [6.45, 7) is -1.38. The molecule has 1 aromatic heterocycles. The Morgan fingerprint density at radius 1 is 1.42 bits per heavy atom. The number of hydrogen-bond acceptors (Lipinski definition) is 3. The van der Waals surface area contributed by atoms with Crippen LogP contribution in [-0.4, -0.2) is 23.7 Å². The molecule has 1 N–H and O–H groups in total. The molecular weight excluding hydrogens is 261 g/mol. The summed E-state index contributed by atoms with van der Waals surface area (Å²) in [5.41, 5.74) is 0.455. The lowest BCUT2D eigenvalue weighted by molar-refractivity contribution is -0.154. The summed E-state index contributed by atoms with van der Waals surface area (Å²) < 4.78 is 40.2. The van der Waals surface area contributed by atoms with E-state index in [0.717, 1.165) is 19.3 Å². The van der Waals surface area contributed by atoms with Crippen molar-refractivity contribution >= 4 is 11.6 Å². The molecule has 1 heterocycles. The lowest BCUT2D eigenvalue weighted by Crippen LogP contribution is -2.28. The van der Waals surface area contributed by atoms with Crippen molar-refractivity contribution in [1.82, 2.24) is 4.98 Å². The molecule has 0 aliphatic heterocycles. The van der Waals surface area contributed by atoms with E-state index in [0.29, 0.717) is 5.69 Å². The summed E-state index contributed by atoms with van der Waals surface area (Å²) in [6, 6.07) is 2.76. The molecule has 0 unspecified atom stereocenters. The highest BCUT2D eigenvalue weighted by Gasteiger charge is 2.28. The molecule has 1 amide bonds. The zero-order valence-electron chi connectivity index (χ0n) is 10.0. The van der Waals surface area contributed by atoms with Gasteiger partial charge in [0, 0.05) is 12.0 Å². The second kappa shape index (κ2) is 5.46. The van der Waals surface area contributed by atoms with Crippen molar-refractivity contribution in [2.75, 3.05) is 11.9 Å². The van der Waals surface area contributed by atoms with Crippen molar-refractivity contribution < 1.29 is 22.7 Å². The van der Waals surface area contributed by atoms with Gasteiger partial charge in [0.05, 0.1) is 11.9 Å². The highest BCUT2D eigenvalue weighted by atomic mass is 19.4. The first-order chi connectivity index (χ1) is 8.94. The van der Waals surface area contributed by atoms with Gasteiger partial charge in [-0.3, -0.25) is 4.79 Å². The molecule has 0 radical (unpaired) electrons. The predicted octanol–water partition coefficient (Wildman–Crippen LogP) is 2.76. The number of halogens is 3. The van der Waals surface area contributed by atoms with Crippen LogP contribution >= 0.6 is 0 Å². The largest absolute Gasteiger partial charge is 0.468 e. The molecule has 2 rings (SSSR count). The van der Waals surface area contributed by atoms with E-state index in [2.05, 4.69) is 15.0 Å². The van der Waals surface area contributed by atoms with Crippen LogP contribution in [0.3, 0.4) is 0 Å². The minimum absolute atomic E-state index is 0.0427. The van der Waals surface area contributed by atoms with Crippen LogP contribution < -0.4 is 10.1 Å². The normalized spacial score (nSPS) is 15.7. The lowest BCUT2D eigenvalue weighted by Gasteiger charge is -2.23. The summed E-state index contributed by atoms with van der Waals surface area (Å²) in [6.07, 6.45) is -0.292. The summed E-state index contributed by atoms with van der Waals surface area (Å²) >= 11 is 0. The molecule has 0 saturated heterocycles. The third-order valence-electron chi connectivity index (χ3n) is 2.86. The summed E-state index contributed by atoms with van der Waals surface area (Å²) in [4.78, 5) is 15.3. The van der Waals surface area contributed by atoms with Gasteiger partial charge in [-0.1, -0.05) is 6.42 Å². The highest BCUT2D eigenvalue weighted by Crippen LogP contribution is 2.27. The quantitative estimate of drug-likeness (QED) is 0.918. The molecule has 0 atom stereocenters. The van der Waals surface area contributed by atoms with E-state index >= 15 is 0 Å².